The minimum Gasteiger partial charge on any atom is -0.324 e. The van der Waals surface area contributed by atoms with Gasteiger partial charge >= 0.3 is 6.03 Å². The fraction of sp³-hybridized carbons (Fsp3) is 0.250. The molecule has 2 aromatic carbocycles. The summed E-state index contributed by atoms with van der Waals surface area (Å²) in [6.07, 6.45) is 3.60. The van der Waals surface area contributed by atoms with Crippen LogP contribution >= 0.6 is 27.5 Å². The second-order valence-electron chi connectivity index (χ2n) is 6.73. The van der Waals surface area contributed by atoms with E-state index < -0.39 is 0 Å². The van der Waals surface area contributed by atoms with Crippen LogP contribution in [0.15, 0.2) is 59.1 Å². The van der Waals surface area contributed by atoms with Crippen molar-refractivity contribution in [1.82, 2.24) is 10.4 Å². The normalized spacial score (nSPS) is 18.1. The van der Waals surface area contributed by atoms with Crippen LogP contribution in [0, 0.1) is 0 Å². The van der Waals surface area contributed by atoms with Crippen LogP contribution in [0.3, 0.4) is 0 Å². The molecule has 1 spiro atoms. The lowest BCUT2D eigenvalue weighted by Crippen LogP contribution is -2.48. The minimum absolute atomic E-state index is 0.0930. The van der Waals surface area contributed by atoms with Gasteiger partial charge in [-0.15, -0.1) is 0 Å². The van der Waals surface area contributed by atoms with Crippen molar-refractivity contribution in [2.45, 2.75) is 18.4 Å². The van der Waals surface area contributed by atoms with Crippen molar-refractivity contribution in [2.24, 2.45) is 0 Å². The summed E-state index contributed by atoms with van der Waals surface area (Å²) in [6, 6.07) is 15.1. The van der Waals surface area contributed by atoms with Crippen molar-refractivity contribution in [3.8, 4) is 0 Å². The van der Waals surface area contributed by atoms with Crippen LogP contribution in [0.2, 0.25) is 5.02 Å². The molecule has 27 heavy (non-hydrogen) atoms. The van der Waals surface area contributed by atoms with E-state index in [0.29, 0.717) is 18.1 Å². The van der Waals surface area contributed by atoms with E-state index in [9.17, 15) is 4.79 Å². The third kappa shape index (κ3) is 3.98. The van der Waals surface area contributed by atoms with Gasteiger partial charge < -0.3 is 10.2 Å². The zero-order valence-electron chi connectivity index (χ0n) is 14.5. The van der Waals surface area contributed by atoms with E-state index in [-0.39, 0.29) is 11.6 Å². The number of carbonyl (C=O) groups is 1. The molecule has 0 aliphatic carbocycles. The Balaban J connectivity index is 1.39. The van der Waals surface area contributed by atoms with Gasteiger partial charge in [0.25, 0.3) is 0 Å². The Kier molecular flexibility index (Phi) is 5.12. The molecule has 4 rings (SSSR count). The molecule has 2 amide bonds. The molecule has 0 saturated carbocycles. The van der Waals surface area contributed by atoms with E-state index in [2.05, 4.69) is 32.8 Å². The van der Waals surface area contributed by atoms with E-state index in [1.165, 1.54) is 0 Å². The number of rotatable bonds is 2. The summed E-state index contributed by atoms with van der Waals surface area (Å²) in [7, 11) is 0. The van der Waals surface area contributed by atoms with Crippen LogP contribution in [-0.2, 0) is 4.84 Å². The minimum atomic E-state index is -0.376. The monoisotopic (exact) mass is 447 g/mol. The third-order valence-corrected chi connectivity index (χ3v) is 5.88. The van der Waals surface area contributed by atoms with Gasteiger partial charge in [-0.3, -0.25) is 10.3 Å². The molecule has 0 radical (unpaired) electrons. The first-order valence-corrected chi connectivity index (χ1v) is 9.95. The lowest BCUT2D eigenvalue weighted by atomic mass is 9.90. The summed E-state index contributed by atoms with van der Waals surface area (Å²) in [5.74, 6) is 0. The van der Waals surface area contributed by atoms with Crippen LogP contribution in [0.25, 0.3) is 5.70 Å². The van der Waals surface area contributed by atoms with Crippen molar-refractivity contribution < 1.29 is 9.63 Å². The Hall–Kier alpha value is -2.02. The number of anilines is 1. The molecule has 140 valence electrons. The molecule has 1 saturated heterocycles. The number of nitrogens with one attached hydrogen (secondary N) is 2. The predicted molar refractivity (Wildman–Crippen MR) is 110 cm³/mol. The van der Waals surface area contributed by atoms with E-state index in [0.717, 1.165) is 34.3 Å². The fourth-order valence-corrected chi connectivity index (χ4v) is 3.85. The number of urea groups is 1. The SMILES string of the molecule is O=C(Nc1ccccc1Br)N1CCC2(C=C(c3ccc(Cl)cc3)NO2)CC1. The highest BCUT2D eigenvalue weighted by molar-refractivity contribution is 9.10. The summed E-state index contributed by atoms with van der Waals surface area (Å²) >= 11 is 9.41. The molecule has 2 N–H and O–H groups in total. The molecular formula is C20H19BrClN3O2. The van der Waals surface area contributed by atoms with Crippen LogP contribution in [-0.4, -0.2) is 29.6 Å². The quantitative estimate of drug-likeness (QED) is 0.676. The average molecular weight is 449 g/mol. The number of amides is 2. The maximum atomic E-state index is 12.6. The molecular weight excluding hydrogens is 430 g/mol. The molecule has 2 aliphatic rings. The fourth-order valence-electron chi connectivity index (χ4n) is 3.34. The molecule has 2 aromatic rings. The second-order valence-corrected chi connectivity index (χ2v) is 8.02. The van der Waals surface area contributed by atoms with Crippen LogP contribution in [0.5, 0.6) is 0 Å². The summed E-state index contributed by atoms with van der Waals surface area (Å²) < 4.78 is 0.866. The summed E-state index contributed by atoms with van der Waals surface area (Å²) in [6.45, 7) is 1.25. The standard InChI is InChI=1S/C20H19BrClN3O2/c21-16-3-1-2-4-17(16)23-19(26)25-11-9-20(10-12-25)13-18(24-27-20)14-5-7-15(22)8-6-14/h1-8,13,24H,9-12H2,(H,23,26). The van der Waals surface area contributed by atoms with Gasteiger partial charge in [-0.25, -0.2) is 4.79 Å². The molecule has 0 aromatic heterocycles. The van der Waals surface area contributed by atoms with E-state index in [1.54, 1.807) is 0 Å². The highest BCUT2D eigenvalue weighted by Crippen LogP contribution is 2.35. The average Bonchev–Trinajstić information content (AvgIpc) is 3.08. The molecule has 1 fully saturated rings. The van der Waals surface area contributed by atoms with Crippen molar-refractivity contribution in [2.75, 3.05) is 18.4 Å². The highest BCUT2D eigenvalue weighted by Gasteiger charge is 2.39. The second kappa shape index (κ2) is 7.54. The lowest BCUT2D eigenvalue weighted by molar-refractivity contribution is -0.0634. The Morgan fingerprint density at radius 3 is 2.56 bits per heavy atom. The van der Waals surface area contributed by atoms with Crippen LogP contribution in [0.4, 0.5) is 10.5 Å². The molecule has 2 aliphatic heterocycles. The van der Waals surface area contributed by atoms with Gasteiger partial charge in [-0.05, 0) is 51.8 Å². The molecule has 0 bridgehead atoms. The smallest absolute Gasteiger partial charge is 0.321 e. The number of benzene rings is 2. The number of piperidine rings is 1. The number of hydroxylamine groups is 1. The zero-order valence-corrected chi connectivity index (χ0v) is 16.9. The number of halogens is 2. The maximum Gasteiger partial charge on any atom is 0.321 e. The number of hydrogen-bond acceptors (Lipinski definition) is 3. The molecule has 5 nitrogen and oxygen atoms in total. The molecule has 7 heteroatoms. The largest absolute Gasteiger partial charge is 0.324 e. The van der Waals surface area contributed by atoms with Gasteiger partial charge in [0.2, 0.25) is 0 Å². The Morgan fingerprint density at radius 2 is 1.85 bits per heavy atom. The van der Waals surface area contributed by atoms with E-state index >= 15 is 0 Å². The topological polar surface area (TPSA) is 53.6 Å². The maximum absolute atomic E-state index is 12.6. The van der Waals surface area contributed by atoms with Crippen molar-refractivity contribution in [1.29, 1.82) is 0 Å². The number of hydrogen-bond donors (Lipinski definition) is 2. The van der Waals surface area contributed by atoms with Crippen molar-refractivity contribution >= 4 is 44.9 Å². The van der Waals surface area contributed by atoms with Gasteiger partial charge in [-0.1, -0.05) is 35.9 Å². The summed E-state index contributed by atoms with van der Waals surface area (Å²) in [5.41, 5.74) is 5.41. The molecule has 2 heterocycles. The predicted octanol–water partition coefficient (Wildman–Crippen LogP) is 5.04. The summed E-state index contributed by atoms with van der Waals surface area (Å²) in [4.78, 5) is 20.3. The number of para-hydroxylation sites is 1. The van der Waals surface area contributed by atoms with Gasteiger partial charge in [0.1, 0.15) is 5.60 Å². The summed E-state index contributed by atoms with van der Waals surface area (Å²) in [5, 5.41) is 3.66. The first-order chi connectivity index (χ1) is 13.0. The van der Waals surface area contributed by atoms with Gasteiger partial charge in [0, 0.05) is 35.4 Å². The van der Waals surface area contributed by atoms with E-state index in [1.807, 2.05) is 53.4 Å². The highest BCUT2D eigenvalue weighted by atomic mass is 79.9. The number of nitrogens with zero attached hydrogens (tertiary/aromatic N) is 1. The lowest BCUT2D eigenvalue weighted by Gasteiger charge is -2.36. The van der Waals surface area contributed by atoms with E-state index in [4.69, 9.17) is 16.4 Å². The number of carbonyl (C=O) groups excluding carboxylic acids is 1. The van der Waals surface area contributed by atoms with Gasteiger partial charge in [-0.2, -0.15) is 0 Å². The van der Waals surface area contributed by atoms with Crippen molar-refractivity contribution in [3.05, 3.63) is 69.7 Å². The Labute approximate surface area is 171 Å². The van der Waals surface area contributed by atoms with Gasteiger partial charge in [0.05, 0.1) is 11.4 Å². The Bertz CT molecular complexity index is 877. The first-order valence-electron chi connectivity index (χ1n) is 8.78. The molecule has 0 unspecified atom stereocenters. The zero-order chi connectivity index (χ0) is 18.9. The van der Waals surface area contributed by atoms with Gasteiger partial charge in [0.15, 0.2) is 0 Å². The van der Waals surface area contributed by atoms with Crippen molar-refractivity contribution in [3.63, 3.8) is 0 Å². The third-order valence-electron chi connectivity index (χ3n) is 4.94. The first kappa shape index (κ1) is 18.3. The Morgan fingerprint density at radius 1 is 1.15 bits per heavy atom. The van der Waals surface area contributed by atoms with Crippen LogP contribution in [0.1, 0.15) is 18.4 Å². The van der Waals surface area contributed by atoms with Crippen LogP contribution < -0.4 is 10.8 Å². The molecule has 0 atom stereocenters. The number of likely N-dealkylation sites (tertiary alicyclic amines) is 1.